The van der Waals surface area contributed by atoms with E-state index in [0.29, 0.717) is 17.3 Å². The zero-order valence-corrected chi connectivity index (χ0v) is 11.9. The Morgan fingerprint density at radius 1 is 1.22 bits per heavy atom. The average Bonchev–Trinajstić information content (AvgIpc) is 2.27. The second-order valence-electron chi connectivity index (χ2n) is 6.06. The molecular weight excluding hydrogens is 224 g/mol. The fraction of sp³-hybridized carbons (Fsp3) is 0.714. The summed E-state index contributed by atoms with van der Waals surface area (Å²) in [5, 5.41) is 3.59. The van der Waals surface area contributed by atoms with Crippen LogP contribution >= 0.6 is 0 Å². The van der Waals surface area contributed by atoms with Crippen LogP contribution in [-0.4, -0.2) is 16.0 Å². The van der Waals surface area contributed by atoms with Crippen molar-refractivity contribution in [3.8, 4) is 0 Å². The van der Waals surface area contributed by atoms with Crippen molar-refractivity contribution in [2.75, 3.05) is 11.1 Å². The Bertz CT molecular complexity index is 440. The molecule has 1 atom stereocenters. The molecule has 1 heterocycles. The van der Waals surface area contributed by atoms with Crippen LogP contribution in [0.3, 0.4) is 0 Å². The molecule has 0 aromatic carbocycles. The van der Waals surface area contributed by atoms with Gasteiger partial charge in [-0.2, -0.15) is 0 Å². The normalized spacial score (nSPS) is 22.8. The van der Waals surface area contributed by atoms with Gasteiger partial charge in [0.15, 0.2) is 0 Å². The first-order valence-electron chi connectivity index (χ1n) is 6.77. The van der Waals surface area contributed by atoms with Gasteiger partial charge in [0.2, 0.25) is 0 Å². The molecule has 1 aromatic rings. The first-order valence-corrected chi connectivity index (χ1v) is 6.77. The molecule has 1 saturated carbocycles. The third-order valence-corrected chi connectivity index (χ3v) is 4.11. The molecule has 0 spiro atoms. The molecule has 1 aliphatic carbocycles. The van der Waals surface area contributed by atoms with Crippen molar-refractivity contribution in [1.82, 2.24) is 9.97 Å². The van der Waals surface area contributed by atoms with Crippen LogP contribution in [0.2, 0.25) is 0 Å². The summed E-state index contributed by atoms with van der Waals surface area (Å²) < 4.78 is 0. The van der Waals surface area contributed by atoms with Gasteiger partial charge in [0, 0.05) is 11.6 Å². The van der Waals surface area contributed by atoms with Crippen molar-refractivity contribution < 1.29 is 0 Å². The molecule has 0 saturated heterocycles. The van der Waals surface area contributed by atoms with Crippen LogP contribution in [0.5, 0.6) is 0 Å². The highest BCUT2D eigenvalue weighted by atomic mass is 15.1. The van der Waals surface area contributed by atoms with Gasteiger partial charge in [-0.25, -0.2) is 9.97 Å². The number of aromatic nitrogens is 2. The number of nitrogens with two attached hydrogens (primary N) is 1. The highest BCUT2D eigenvalue weighted by molar-refractivity contribution is 5.55. The Kier molecular flexibility index (Phi) is 3.46. The molecule has 0 radical (unpaired) electrons. The van der Waals surface area contributed by atoms with Crippen molar-refractivity contribution in [2.24, 2.45) is 5.41 Å². The number of nitrogens with zero attached hydrogens (tertiary/aromatic N) is 2. The first-order chi connectivity index (χ1) is 8.40. The van der Waals surface area contributed by atoms with Crippen molar-refractivity contribution in [3.05, 3.63) is 11.4 Å². The fourth-order valence-electron chi connectivity index (χ4n) is 2.72. The Balaban J connectivity index is 2.23. The number of hydrogen-bond donors (Lipinski definition) is 2. The molecule has 3 N–H and O–H groups in total. The number of aryl methyl sites for hydroxylation is 1. The van der Waals surface area contributed by atoms with E-state index in [1.54, 1.807) is 0 Å². The Hall–Kier alpha value is -1.32. The minimum atomic E-state index is 0.318. The molecule has 18 heavy (non-hydrogen) atoms. The lowest BCUT2D eigenvalue weighted by Crippen LogP contribution is -2.39. The number of anilines is 2. The number of nitrogen functional groups attached to an aromatic ring is 1. The van der Waals surface area contributed by atoms with E-state index in [1.165, 1.54) is 25.7 Å². The molecule has 100 valence electrons. The van der Waals surface area contributed by atoms with Gasteiger partial charge in [-0.3, -0.25) is 0 Å². The van der Waals surface area contributed by atoms with Crippen LogP contribution in [0.4, 0.5) is 11.6 Å². The van der Waals surface area contributed by atoms with E-state index in [2.05, 4.69) is 29.1 Å². The molecule has 4 heteroatoms. The summed E-state index contributed by atoms with van der Waals surface area (Å²) in [7, 11) is 0. The zero-order valence-electron chi connectivity index (χ0n) is 11.9. The third-order valence-electron chi connectivity index (χ3n) is 4.11. The number of rotatable bonds is 2. The van der Waals surface area contributed by atoms with Crippen LogP contribution in [0.1, 0.15) is 50.9 Å². The summed E-state index contributed by atoms with van der Waals surface area (Å²) in [4.78, 5) is 8.68. The monoisotopic (exact) mass is 248 g/mol. The molecule has 1 fully saturated rings. The molecule has 0 amide bonds. The fourth-order valence-corrected chi connectivity index (χ4v) is 2.72. The molecule has 4 nitrogen and oxygen atoms in total. The Morgan fingerprint density at radius 2 is 1.94 bits per heavy atom. The van der Waals surface area contributed by atoms with Gasteiger partial charge in [0.1, 0.15) is 17.5 Å². The molecule has 1 unspecified atom stereocenters. The molecule has 0 aliphatic heterocycles. The second kappa shape index (κ2) is 4.75. The van der Waals surface area contributed by atoms with Crippen molar-refractivity contribution in [2.45, 2.75) is 59.4 Å². The summed E-state index contributed by atoms with van der Waals surface area (Å²) in [6.45, 7) is 8.52. The maximum absolute atomic E-state index is 5.90. The first kappa shape index (κ1) is 13.1. The molecule has 2 rings (SSSR count). The van der Waals surface area contributed by atoms with Crippen LogP contribution in [0, 0.1) is 19.3 Å². The van der Waals surface area contributed by atoms with Gasteiger partial charge in [-0.1, -0.05) is 26.7 Å². The van der Waals surface area contributed by atoms with E-state index in [0.717, 1.165) is 17.2 Å². The summed E-state index contributed by atoms with van der Waals surface area (Å²) in [6.07, 6.45) is 5.09. The van der Waals surface area contributed by atoms with Gasteiger partial charge in [-0.15, -0.1) is 0 Å². The molecule has 1 aliphatic rings. The smallest absolute Gasteiger partial charge is 0.134 e. The lowest BCUT2D eigenvalue weighted by molar-refractivity contribution is 0.216. The summed E-state index contributed by atoms with van der Waals surface area (Å²) in [5.41, 5.74) is 7.18. The standard InChI is InChI=1S/C14H24N4/c1-9-12(15)16-10(2)17-13(9)18-11-7-5-6-8-14(11,3)4/h11H,5-8H2,1-4H3,(H3,15,16,17,18). The molecular formula is C14H24N4. The quantitative estimate of drug-likeness (QED) is 0.844. The van der Waals surface area contributed by atoms with Gasteiger partial charge < -0.3 is 11.1 Å². The van der Waals surface area contributed by atoms with E-state index >= 15 is 0 Å². The van der Waals surface area contributed by atoms with Gasteiger partial charge in [0.05, 0.1) is 0 Å². The van der Waals surface area contributed by atoms with Crippen molar-refractivity contribution >= 4 is 11.6 Å². The van der Waals surface area contributed by atoms with Crippen molar-refractivity contribution in [1.29, 1.82) is 0 Å². The topological polar surface area (TPSA) is 63.8 Å². The van der Waals surface area contributed by atoms with Crippen LogP contribution in [0.25, 0.3) is 0 Å². The number of hydrogen-bond acceptors (Lipinski definition) is 4. The predicted molar refractivity (Wildman–Crippen MR) is 75.6 cm³/mol. The van der Waals surface area contributed by atoms with E-state index in [4.69, 9.17) is 5.73 Å². The average molecular weight is 248 g/mol. The Morgan fingerprint density at radius 3 is 2.61 bits per heavy atom. The zero-order chi connectivity index (χ0) is 13.3. The minimum absolute atomic E-state index is 0.318. The lowest BCUT2D eigenvalue weighted by atomic mass is 9.73. The summed E-state index contributed by atoms with van der Waals surface area (Å²) in [5.74, 6) is 2.22. The molecule has 0 bridgehead atoms. The van der Waals surface area contributed by atoms with Crippen LogP contribution < -0.4 is 11.1 Å². The maximum Gasteiger partial charge on any atom is 0.134 e. The molecule has 1 aromatic heterocycles. The summed E-state index contributed by atoms with van der Waals surface area (Å²) in [6, 6.07) is 0.471. The predicted octanol–water partition coefficient (Wildman–Crippen LogP) is 3.06. The maximum atomic E-state index is 5.90. The number of nitrogens with one attached hydrogen (secondary N) is 1. The highest BCUT2D eigenvalue weighted by Crippen LogP contribution is 2.37. The summed E-state index contributed by atoms with van der Waals surface area (Å²) >= 11 is 0. The van der Waals surface area contributed by atoms with Crippen LogP contribution in [0.15, 0.2) is 0 Å². The van der Waals surface area contributed by atoms with E-state index in [9.17, 15) is 0 Å². The highest BCUT2D eigenvalue weighted by Gasteiger charge is 2.32. The van der Waals surface area contributed by atoms with E-state index in [1.807, 2.05) is 13.8 Å². The van der Waals surface area contributed by atoms with Gasteiger partial charge in [-0.05, 0) is 32.1 Å². The SMILES string of the molecule is Cc1nc(N)c(C)c(NC2CCCCC2(C)C)n1. The van der Waals surface area contributed by atoms with Gasteiger partial charge >= 0.3 is 0 Å². The third kappa shape index (κ3) is 2.57. The van der Waals surface area contributed by atoms with Crippen LogP contribution in [-0.2, 0) is 0 Å². The Labute approximate surface area is 109 Å². The lowest BCUT2D eigenvalue weighted by Gasteiger charge is -2.39. The van der Waals surface area contributed by atoms with E-state index < -0.39 is 0 Å². The minimum Gasteiger partial charge on any atom is -0.383 e. The van der Waals surface area contributed by atoms with Crippen molar-refractivity contribution in [3.63, 3.8) is 0 Å². The van der Waals surface area contributed by atoms with E-state index in [-0.39, 0.29) is 0 Å². The largest absolute Gasteiger partial charge is 0.383 e. The van der Waals surface area contributed by atoms with Gasteiger partial charge in [0.25, 0.3) is 0 Å². The second-order valence-corrected chi connectivity index (χ2v) is 6.06.